The molecule has 20 heavy (non-hydrogen) atoms. The number of hydrogen-bond acceptors (Lipinski definition) is 1. The van der Waals surface area contributed by atoms with E-state index >= 15 is 0 Å². The summed E-state index contributed by atoms with van der Waals surface area (Å²) < 4.78 is 51.3. The maximum atomic E-state index is 13.0. The number of halogens is 4. The average Bonchev–Trinajstić information content (AvgIpc) is 2.38. The molecule has 0 fully saturated rings. The quantitative estimate of drug-likeness (QED) is 0.832. The summed E-state index contributed by atoms with van der Waals surface area (Å²) in [7, 11) is 0. The van der Waals surface area contributed by atoms with E-state index < -0.39 is 11.7 Å². The van der Waals surface area contributed by atoms with Crippen LogP contribution in [-0.2, 0) is 19.3 Å². The van der Waals surface area contributed by atoms with Crippen LogP contribution >= 0.6 is 0 Å². The van der Waals surface area contributed by atoms with Gasteiger partial charge in [0.2, 0.25) is 0 Å². The van der Waals surface area contributed by atoms with E-state index in [0.29, 0.717) is 12.1 Å². The molecule has 2 rings (SSSR count). The molecule has 2 aromatic carbocycles. The van der Waals surface area contributed by atoms with Crippen LogP contribution in [0.1, 0.15) is 16.7 Å². The molecule has 0 spiro atoms. The van der Waals surface area contributed by atoms with E-state index in [-0.39, 0.29) is 17.9 Å². The Kier molecular flexibility index (Phi) is 4.39. The van der Waals surface area contributed by atoms with Gasteiger partial charge in [0, 0.05) is 13.1 Å². The number of alkyl halides is 3. The second-order valence-corrected chi connectivity index (χ2v) is 4.39. The van der Waals surface area contributed by atoms with Crippen LogP contribution in [0.5, 0.6) is 0 Å². The zero-order valence-electron chi connectivity index (χ0n) is 10.5. The van der Waals surface area contributed by atoms with Gasteiger partial charge in [-0.05, 0) is 29.3 Å². The van der Waals surface area contributed by atoms with Crippen molar-refractivity contribution in [1.82, 2.24) is 5.32 Å². The first-order chi connectivity index (χ1) is 9.47. The van der Waals surface area contributed by atoms with Crippen molar-refractivity contribution < 1.29 is 17.6 Å². The van der Waals surface area contributed by atoms with Crippen molar-refractivity contribution in [2.75, 3.05) is 0 Å². The van der Waals surface area contributed by atoms with Gasteiger partial charge in [0.05, 0.1) is 5.56 Å². The topological polar surface area (TPSA) is 12.0 Å². The highest BCUT2D eigenvalue weighted by molar-refractivity contribution is 5.29. The molecule has 1 N–H and O–H groups in total. The third kappa shape index (κ3) is 3.81. The lowest BCUT2D eigenvalue weighted by atomic mass is 10.1. The van der Waals surface area contributed by atoms with Gasteiger partial charge in [0.25, 0.3) is 0 Å². The number of nitrogens with one attached hydrogen (secondary N) is 1. The minimum atomic E-state index is -4.36. The standard InChI is InChI=1S/C15H13F4N/c16-13-6-3-4-11(8-13)9-20-10-12-5-1-2-7-14(12)15(17,18)19/h1-8,20H,9-10H2. The second-order valence-electron chi connectivity index (χ2n) is 4.39. The molecule has 5 heteroatoms. The Morgan fingerprint density at radius 3 is 2.35 bits per heavy atom. The predicted molar refractivity (Wildman–Crippen MR) is 68.4 cm³/mol. The second kappa shape index (κ2) is 6.05. The van der Waals surface area contributed by atoms with Crippen molar-refractivity contribution in [2.24, 2.45) is 0 Å². The van der Waals surface area contributed by atoms with Crippen LogP contribution in [0.15, 0.2) is 48.5 Å². The molecular formula is C15H13F4N. The molecule has 0 heterocycles. The zero-order chi connectivity index (χ0) is 14.6. The highest BCUT2D eigenvalue weighted by Gasteiger charge is 2.32. The third-order valence-corrected chi connectivity index (χ3v) is 2.86. The van der Waals surface area contributed by atoms with Crippen LogP contribution < -0.4 is 5.32 Å². The van der Waals surface area contributed by atoms with Crippen LogP contribution in [0, 0.1) is 5.82 Å². The summed E-state index contributed by atoms with van der Waals surface area (Å²) in [5.74, 6) is -0.361. The van der Waals surface area contributed by atoms with Crippen molar-refractivity contribution in [3.8, 4) is 0 Å². The van der Waals surface area contributed by atoms with Crippen molar-refractivity contribution in [1.29, 1.82) is 0 Å². The molecule has 0 atom stereocenters. The van der Waals surface area contributed by atoms with Crippen molar-refractivity contribution in [3.05, 3.63) is 71.0 Å². The monoisotopic (exact) mass is 283 g/mol. The number of hydrogen-bond donors (Lipinski definition) is 1. The molecule has 0 aliphatic heterocycles. The molecule has 0 saturated carbocycles. The lowest BCUT2D eigenvalue weighted by Gasteiger charge is -2.13. The van der Waals surface area contributed by atoms with Crippen LogP contribution in [0.3, 0.4) is 0 Å². The Morgan fingerprint density at radius 1 is 0.900 bits per heavy atom. The minimum absolute atomic E-state index is 0.0756. The summed E-state index contributed by atoms with van der Waals surface area (Å²) >= 11 is 0. The summed E-state index contributed by atoms with van der Waals surface area (Å²) in [6.07, 6.45) is -4.36. The van der Waals surface area contributed by atoms with E-state index in [2.05, 4.69) is 5.32 Å². The molecule has 0 saturated heterocycles. The first kappa shape index (κ1) is 14.5. The smallest absolute Gasteiger partial charge is 0.309 e. The summed E-state index contributed by atoms with van der Waals surface area (Å²) in [6, 6.07) is 11.4. The molecule has 0 radical (unpaired) electrons. The van der Waals surface area contributed by atoms with Crippen molar-refractivity contribution in [2.45, 2.75) is 19.3 Å². The lowest BCUT2D eigenvalue weighted by Crippen LogP contribution is -2.17. The van der Waals surface area contributed by atoms with Crippen molar-refractivity contribution in [3.63, 3.8) is 0 Å². The van der Waals surface area contributed by atoms with E-state index in [9.17, 15) is 17.6 Å². The molecule has 106 valence electrons. The van der Waals surface area contributed by atoms with Gasteiger partial charge in [-0.1, -0.05) is 30.3 Å². The van der Waals surface area contributed by atoms with Gasteiger partial charge in [0.15, 0.2) is 0 Å². The Morgan fingerprint density at radius 2 is 1.65 bits per heavy atom. The highest BCUT2D eigenvalue weighted by Crippen LogP contribution is 2.31. The Hall–Kier alpha value is -1.88. The van der Waals surface area contributed by atoms with Gasteiger partial charge < -0.3 is 5.32 Å². The van der Waals surface area contributed by atoms with Gasteiger partial charge in [0.1, 0.15) is 5.82 Å². The molecule has 0 unspecified atom stereocenters. The maximum Gasteiger partial charge on any atom is 0.416 e. The van der Waals surface area contributed by atoms with E-state index in [1.54, 1.807) is 18.2 Å². The summed E-state index contributed by atoms with van der Waals surface area (Å²) in [5, 5.41) is 2.89. The van der Waals surface area contributed by atoms with Crippen molar-refractivity contribution >= 4 is 0 Å². The first-order valence-corrected chi connectivity index (χ1v) is 6.07. The minimum Gasteiger partial charge on any atom is -0.309 e. The number of rotatable bonds is 4. The molecule has 0 bridgehead atoms. The Balaban J connectivity index is 2.01. The Labute approximate surface area is 114 Å². The summed E-state index contributed by atoms with van der Waals surface area (Å²) in [5.41, 5.74) is 0.220. The van der Waals surface area contributed by atoms with E-state index in [4.69, 9.17) is 0 Å². The Bertz CT molecular complexity index is 578. The fraction of sp³-hybridized carbons (Fsp3) is 0.200. The molecular weight excluding hydrogens is 270 g/mol. The van der Waals surface area contributed by atoms with Gasteiger partial charge >= 0.3 is 6.18 Å². The fourth-order valence-corrected chi connectivity index (χ4v) is 1.94. The van der Waals surface area contributed by atoms with Gasteiger partial charge in [-0.15, -0.1) is 0 Å². The maximum absolute atomic E-state index is 13.0. The van der Waals surface area contributed by atoms with Gasteiger partial charge in [-0.2, -0.15) is 13.2 Å². The largest absolute Gasteiger partial charge is 0.416 e. The molecule has 0 aliphatic carbocycles. The van der Waals surface area contributed by atoms with Gasteiger partial charge in [-0.3, -0.25) is 0 Å². The molecule has 0 aromatic heterocycles. The van der Waals surface area contributed by atoms with E-state index in [1.807, 2.05) is 0 Å². The third-order valence-electron chi connectivity index (χ3n) is 2.86. The molecule has 0 aliphatic rings. The van der Waals surface area contributed by atoms with Crippen LogP contribution in [-0.4, -0.2) is 0 Å². The molecule has 1 nitrogen and oxygen atoms in total. The predicted octanol–water partition coefficient (Wildman–Crippen LogP) is 4.13. The SMILES string of the molecule is Fc1cccc(CNCc2ccccc2C(F)(F)F)c1. The van der Waals surface area contributed by atoms with Crippen LogP contribution in [0.25, 0.3) is 0 Å². The molecule has 2 aromatic rings. The van der Waals surface area contributed by atoms with Crippen LogP contribution in [0.2, 0.25) is 0 Å². The summed E-state index contributed by atoms with van der Waals surface area (Å²) in [6.45, 7) is 0.385. The van der Waals surface area contributed by atoms with Crippen LogP contribution in [0.4, 0.5) is 17.6 Å². The van der Waals surface area contributed by atoms with E-state index in [0.717, 1.165) is 6.07 Å². The summed E-state index contributed by atoms with van der Waals surface area (Å²) in [4.78, 5) is 0. The zero-order valence-corrected chi connectivity index (χ0v) is 10.5. The fourth-order valence-electron chi connectivity index (χ4n) is 1.94. The normalized spacial score (nSPS) is 11.6. The average molecular weight is 283 g/mol. The molecule has 0 amide bonds. The lowest BCUT2D eigenvalue weighted by molar-refractivity contribution is -0.138. The number of benzene rings is 2. The van der Waals surface area contributed by atoms with Gasteiger partial charge in [-0.25, -0.2) is 4.39 Å². The first-order valence-electron chi connectivity index (χ1n) is 6.07. The highest BCUT2D eigenvalue weighted by atomic mass is 19.4. The van der Waals surface area contributed by atoms with E-state index in [1.165, 1.54) is 24.3 Å².